The van der Waals surface area contributed by atoms with Gasteiger partial charge in [0.15, 0.2) is 0 Å². The fraction of sp³-hybridized carbons (Fsp3) is 0.704. The highest BCUT2D eigenvalue weighted by atomic mass is 16.6. The smallest absolute Gasteiger partial charge is 0.408 e. The van der Waals surface area contributed by atoms with Gasteiger partial charge >= 0.3 is 12.1 Å². The van der Waals surface area contributed by atoms with Gasteiger partial charge in [-0.1, -0.05) is 89.6 Å². The van der Waals surface area contributed by atoms with Crippen LogP contribution >= 0.6 is 0 Å². The number of hydrogen-bond acceptors (Lipinski definition) is 6. The molecule has 1 amide bonds. The SMILES string of the molecule is CCCCCCCCC(CNC(C)NC(=O)OCC(O)COC(=O)C(C)C)Cc1ccccc1. The number of rotatable bonds is 18. The number of alkyl carbamates (subject to hydrolysis) is 1. The molecule has 7 heteroatoms. The molecule has 3 atom stereocenters. The normalized spacial score (nSPS) is 13.8. The van der Waals surface area contributed by atoms with E-state index >= 15 is 0 Å². The van der Waals surface area contributed by atoms with Gasteiger partial charge in [0.05, 0.1) is 12.1 Å². The molecule has 0 saturated heterocycles. The standard InChI is InChI=1S/C27H46N2O5/c1-5-6-7-8-9-11-16-24(17-23-14-12-10-13-15-23)18-28-22(4)29-27(32)34-20-25(30)19-33-26(31)21(2)3/h10,12-15,21-22,24-25,28,30H,5-9,11,16-20H2,1-4H3,(H,29,32). The Bertz CT molecular complexity index is 668. The van der Waals surface area contributed by atoms with Crippen molar-refractivity contribution in [2.24, 2.45) is 11.8 Å². The summed E-state index contributed by atoms with van der Waals surface area (Å²) in [7, 11) is 0. The number of benzene rings is 1. The quantitative estimate of drug-likeness (QED) is 0.159. The van der Waals surface area contributed by atoms with Crippen LogP contribution in [0.1, 0.15) is 78.2 Å². The topological polar surface area (TPSA) is 96.9 Å². The number of ether oxygens (including phenoxy) is 2. The Morgan fingerprint density at radius 3 is 2.26 bits per heavy atom. The van der Waals surface area contributed by atoms with Gasteiger partial charge in [-0.3, -0.25) is 10.1 Å². The van der Waals surface area contributed by atoms with E-state index < -0.39 is 18.2 Å². The zero-order valence-corrected chi connectivity index (χ0v) is 21.6. The molecule has 1 aromatic carbocycles. The maximum Gasteiger partial charge on any atom is 0.408 e. The molecule has 7 nitrogen and oxygen atoms in total. The Kier molecular flexibility index (Phi) is 16.0. The third kappa shape index (κ3) is 14.9. The van der Waals surface area contributed by atoms with Gasteiger partial charge in [0.2, 0.25) is 0 Å². The van der Waals surface area contributed by atoms with Gasteiger partial charge in [0.1, 0.15) is 19.3 Å². The maximum atomic E-state index is 12.0. The van der Waals surface area contributed by atoms with Gasteiger partial charge in [-0.2, -0.15) is 0 Å². The van der Waals surface area contributed by atoms with E-state index in [9.17, 15) is 14.7 Å². The highest BCUT2D eigenvalue weighted by molar-refractivity contribution is 5.71. The van der Waals surface area contributed by atoms with Crippen molar-refractivity contribution in [1.82, 2.24) is 10.6 Å². The summed E-state index contributed by atoms with van der Waals surface area (Å²) in [6, 6.07) is 10.5. The summed E-state index contributed by atoms with van der Waals surface area (Å²) in [5, 5.41) is 16.0. The largest absolute Gasteiger partial charge is 0.463 e. The second-order valence-corrected chi connectivity index (χ2v) is 9.42. The summed E-state index contributed by atoms with van der Waals surface area (Å²) in [5.74, 6) is -0.186. The molecule has 0 fully saturated rings. The molecule has 0 aliphatic heterocycles. The van der Waals surface area contributed by atoms with Crippen LogP contribution in [0.25, 0.3) is 0 Å². The van der Waals surface area contributed by atoms with Gasteiger partial charge in [0, 0.05) is 6.54 Å². The molecular formula is C27H46N2O5. The van der Waals surface area contributed by atoms with Crippen LogP contribution in [0.2, 0.25) is 0 Å². The summed E-state index contributed by atoms with van der Waals surface area (Å²) in [4.78, 5) is 23.5. The Balaban J connectivity index is 2.36. The first kappa shape index (κ1) is 29.9. The first-order valence-electron chi connectivity index (χ1n) is 12.9. The minimum atomic E-state index is -1.05. The molecule has 0 bridgehead atoms. The highest BCUT2D eigenvalue weighted by Crippen LogP contribution is 2.17. The summed E-state index contributed by atoms with van der Waals surface area (Å²) in [6.07, 6.45) is 7.87. The fourth-order valence-corrected chi connectivity index (χ4v) is 3.61. The first-order valence-corrected chi connectivity index (χ1v) is 12.9. The number of amides is 1. The lowest BCUT2D eigenvalue weighted by Gasteiger charge is -2.22. The van der Waals surface area contributed by atoms with E-state index in [1.54, 1.807) is 13.8 Å². The summed E-state index contributed by atoms with van der Waals surface area (Å²) in [6.45, 7) is 7.89. The molecular weight excluding hydrogens is 432 g/mol. The zero-order chi connectivity index (χ0) is 25.2. The van der Waals surface area contributed by atoms with Crippen LogP contribution < -0.4 is 10.6 Å². The van der Waals surface area contributed by atoms with E-state index in [0.717, 1.165) is 19.4 Å². The monoisotopic (exact) mass is 478 g/mol. The molecule has 34 heavy (non-hydrogen) atoms. The average Bonchev–Trinajstić information content (AvgIpc) is 2.82. The van der Waals surface area contributed by atoms with Crippen LogP contribution in [0, 0.1) is 11.8 Å². The van der Waals surface area contributed by atoms with E-state index in [1.807, 2.05) is 13.0 Å². The van der Waals surface area contributed by atoms with E-state index in [0.29, 0.717) is 5.92 Å². The maximum absolute atomic E-state index is 12.0. The third-order valence-corrected chi connectivity index (χ3v) is 5.68. The van der Waals surface area contributed by atoms with Gasteiger partial charge in [-0.15, -0.1) is 0 Å². The number of carbonyl (C=O) groups excluding carboxylic acids is 2. The van der Waals surface area contributed by atoms with Crippen LogP contribution in [0.15, 0.2) is 30.3 Å². The number of carbonyl (C=O) groups is 2. The van der Waals surface area contributed by atoms with Crippen molar-refractivity contribution in [1.29, 1.82) is 0 Å². The number of unbranched alkanes of at least 4 members (excludes halogenated alkanes) is 5. The van der Waals surface area contributed by atoms with Crippen molar-refractivity contribution < 1.29 is 24.2 Å². The van der Waals surface area contributed by atoms with Crippen molar-refractivity contribution >= 4 is 12.1 Å². The van der Waals surface area contributed by atoms with Crippen LogP contribution in [0.5, 0.6) is 0 Å². The van der Waals surface area contributed by atoms with E-state index in [2.05, 4.69) is 41.8 Å². The average molecular weight is 479 g/mol. The second kappa shape index (κ2) is 18.2. The number of esters is 1. The molecule has 0 heterocycles. The van der Waals surface area contributed by atoms with Gasteiger partial charge in [0.25, 0.3) is 0 Å². The predicted octanol–water partition coefficient (Wildman–Crippen LogP) is 4.82. The van der Waals surface area contributed by atoms with Gasteiger partial charge in [-0.05, 0) is 31.2 Å². The molecule has 1 rings (SSSR count). The Morgan fingerprint density at radius 1 is 0.941 bits per heavy atom. The fourth-order valence-electron chi connectivity index (χ4n) is 3.61. The predicted molar refractivity (Wildman–Crippen MR) is 135 cm³/mol. The van der Waals surface area contributed by atoms with Gasteiger partial charge in [-0.25, -0.2) is 4.79 Å². The van der Waals surface area contributed by atoms with Crippen molar-refractivity contribution in [3.8, 4) is 0 Å². The molecule has 0 aliphatic rings. The van der Waals surface area contributed by atoms with Crippen molar-refractivity contribution in [3.05, 3.63) is 35.9 Å². The highest BCUT2D eigenvalue weighted by Gasteiger charge is 2.16. The third-order valence-electron chi connectivity index (χ3n) is 5.68. The molecule has 194 valence electrons. The molecule has 0 saturated carbocycles. The lowest BCUT2D eigenvalue weighted by molar-refractivity contribution is -0.150. The van der Waals surface area contributed by atoms with Crippen LogP contribution in [0.3, 0.4) is 0 Å². The van der Waals surface area contributed by atoms with Crippen LogP contribution in [-0.4, -0.2) is 49.2 Å². The molecule has 1 aromatic rings. The number of hydrogen-bond donors (Lipinski definition) is 3. The number of nitrogens with one attached hydrogen (secondary N) is 2. The van der Waals surface area contributed by atoms with Crippen molar-refractivity contribution in [2.75, 3.05) is 19.8 Å². The second-order valence-electron chi connectivity index (χ2n) is 9.42. The minimum Gasteiger partial charge on any atom is -0.463 e. The van der Waals surface area contributed by atoms with E-state index in [4.69, 9.17) is 9.47 Å². The summed E-state index contributed by atoms with van der Waals surface area (Å²) >= 11 is 0. The van der Waals surface area contributed by atoms with Crippen LogP contribution in [0.4, 0.5) is 4.79 Å². The molecule has 0 radical (unpaired) electrons. The minimum absolute atomic E-state index is 0.197. The number of aliphatic hydroxyl groups excluding tert-OH is 1. The van der Waals surface area contributed by atoms with Crippen molar-refractivity contribution in [2.45, 2.75) is 91.3 Å². The molecule has 3 N–H and O–H groups in total. The van der Waals surface area contributed by atoms with E-state index in [1.165, 1.54) is 44.1 Å². The molecule has 0 aliphatic carbocycles. The lowest BCUT2D eigenvalue weighted by Crippen LogP contribution is -2.45. The molecule has 3 unspecified atom stereocenters. The Labute approximate surface area is 206 Å². The number of aliphatic hydroxyl groups is 1. The van der Waals surface area contributed by atoms with Crippen LogP contribution in [-0.2, 0) is 20.7 Å². The molecule has 0 aromatic heterocycles. The lowest BCUT2D eigenvalue weighted by atomic mass is 9.93. The van der Waals surface area contributed by atoms with Crippen molar-refractivity contribution in [3.63, 3.8) is 0 Å². The first-order chi connectivity index (χ1) is 16.3. The van der Waals surface area contributed by atoms with E-state index in [-0.39, 0.29) is 25.3 Å². The zero-order valence-electron chi connectivity index (χ0n) is 21.6. The Morgan fingerprint density at radius 2 is 1.59 bits per heavy atom. The summed E-state index contributed by atoms with van der Waals surface area (Å²) in [5.41, 5.74) is 1.33. The molecule has 0 spiro atoms. The summed E-state index contributed by atoms with van der Waals surface area (Å²) < 4.78 is 9.99. The van der Waals surface area contributed by atoms with Gasteiger partial charge < -0.3 is 19.9 Å². The Hall–Kier alpha value is -2.12.